The predicted molar refractivity (Wildman–Crippen MR) is 86.2 cm³/mol. The van der Waals surface area contributed by atoms with E-state index in [1.165, 1.54) is 4.63 Å². The molecule has 0 unspecified atom stereocenters. The second-order valence-electron chi connectivity index (χ2n) is 5.19. The van der Waals surface area contributed by atoms with Crippen molar-refractivity contribution in [1.82, 2.24) is 30.2 Å². The van der Waals surface area contributed by atoms with E-state index < -0.39 is 0 Å². The maximum Gasteiger partial charge on any atom is 0.211 e. The SMILES string of the molecule is COc1ccc2c(Cc3ccncc3)nn3nnnc3c2c1OC. The Kier molecular flexibility index (Phi) is 3.42. The number of hydrogen-bond donors (Lipinski definition) is 0. The summed E-state index contributed by atoms with van der Waals surface area (Å²) in [6, 6.07) is 7.73. The molecule has 0 N–H and O–H groups in total. The van der Waals surface area contributed by atoms with E-state index in [1.807, 2.05) is 24.3 Å². The normalized spacial score (nSPS) is 11.1. The Morgan fingerprint density at radius 3 is 2.62 bits per heavy atom. The Balaban J connectivity index is 2.02. The van der Waals surface area contributed by atoms with Gasteiger partial charge >= 0.3 is 0 Å². The number of aromatic nitrogens is 6. The Morgan fingerprint density at radius 2 is 1.88 bits per heavy atom. The third kappa shape index (κ3) is 2.19. The van der Waals surface area contributed by atoms with Crippen molar-refractivity contribution in [3.05, 3.63) is 47.9 Å². The number of pyridine rings is 1. The minimum absolute atomic E-state index is 0.527. The van der Waals surface area contributed by atoms with Gasteiger partial charge in [-0.1, -0.05) is 0 Å². The average molecular weight is 322 g/mol. The van der Waals surface area contributed by atoms with Crippen LogP contribution in [0.2, 0.25) is 0 Å². The minimum Gasteiger partial charge on any atom is -0.493 e. The fraction of sp³-hybridized carbons (Fsp3) is 0.188. The first-order valence-electron chi connectivity index (χ1n) is 7.32. The summed E-state index contributed by atoms with van der Waals surface area (Å²) in [7, 11) is 3.20. The van der Waals surface area contributed by atoms with Gasteiger partial charge < -0.3 is 9.47 Å². The molecule has 0 fully saturated rings. The molecular formula is C16H14N6O2. The number of tetrazole rings is 1. The molecule has 0 aliphatic rings. The third-order valence-corrected chi connectivity index (χ3v) is 3.87. The van der Waals surface area contributed by atoms with E-state index in [9.17, 15) is 0 Å². The molecule has 24 heavy (non-hydrogen) atoms. The molecule has 0 saturated carbocycles. The molecule has 8 heteroatoms. The summed E-state index contributed by atoms with van der Waals surface area (Å²) in [6.07, 6.45) is 4.15. The van der Waals surface area contributed by atoms with Gasteiger partial charge in [-0.25, -0.2) is 0 Å². The molecular weight excluding hydrogens is 308 g/mol. The summed E-state index contributed by atoms with van der Waals surface area (Å²) in [4.78, 5) is 4.05. The Labute approximate surface area is 137 Å². The van der Waals surface area contributed by atoms with Crippen molar-refractivity contribution in [3.8, 4) is 11.5 Å². The van der Waals surface area contributed by atoms with Crippen molar-refractivity contribution >= 4 is 16.4 Å². The smallest absolute Gasteiger partial charge is 0.211 e. The number of rotatable bonds is 4. The molecule has 0 amide bonds. The Hall–Kier alpha value is -3.29. The quantitative estimate of drug-likeness (QED) is 0.565. The second-order valence-corrected chi connectivity index (χ2v) is 5.19. The molecule has 0 bridgehead atoms. The maximum atomic E-state index is 5.56. The third-order valence-electron chi connectivity index (χ3n) is 3.87. The summed E-state index contributed by atoms with van der Waals surface area (Å²) in [5.41, 5.74) is 2.47. The van der Waals surface area contributed by atoms with Gasteiger partial charge in [0.1, 0.15) is 0 Å². The monoisotopic (exact) mass is 322 g/mol. The second kappa shape index (κ2) is 5.73. The van der Waals surface area contributed by atoms with E-state index in [0.29, 0.717) is 23.6 Å². The molecule has 1 aromatic carbocycles. The lowest BCUT2D eigenvalue weighted by Crippen LogP contribution is -2.04. The molecule has 8 nitrogen and oxygen atoms in total. The fourth-order valence-corrected chi connectivity index (χ4v) is 2.78. The highest BCUT2D eigenvalue weighted by Crippen LogP contribution is 2.38. The molecule has 3 aromatic heterocycles. The van der Waals surface area contributed by atoms with Crippen molar-refractivity contribution in [2.75, 3.05) is 14.2 Å². The van der Waals surface area contributed by atoms with Crippen LogP contribution < -0.4 is 9.47 Å². The standard InChI is InChI=1S/C16H14N6O2/c1-23-13-4-3-11-12(9-10-5-7-17-8-6-10)19-22-16(18-20-21-22)14(11)15(13)24-2/h3-8H,9H2,1-2H3. The maximum absolute atomic E-state index is 5.56. The summed E-state index contributed by atoms with van der Waals surface area (Å²) < 4.78 is 12.4. The average Bonchev–Trinajstić information content (AvgIpc) is 3.09. The Morgan fingerprint density at radius 1 is 1.04 bits per heavy atom. The molecule has 0 aliphatic heterocycles. The van der Waals surface area contributed by atoms with Gasteiger partial charge in [-0.2, -0.15) is 5.10 Å². The molecule has 0 radical (unpaired) electrons. The molecule has 4 rings (SSSR count). The fourth-order valence-electron chi connectivity index (χ4n) is 2.78. The number of ether oxygens (including phenoxy) is 2. The van der Waals surface area contributed by atoms with Gasteiger partial charge in [0, 0.05) is 24.2 Å². The number of nitrogens with zero attached hydrogens (tertiary/aromatic N) is 6. The van der Waals surface area contributed by atoms with Crippen LogP contribution in [0.3, 0.4) is 0 Å². The van der Waals surface area contributed by atoms with Crippen molar-refractivity contribution in [2.45, 2.75) is 6.42 Å². The number of hydrogen-bond acceptors (Lipinski definition) is 7. The van der Waals surface area contributed by atoms with Crippen molar-refractivity contribution in [2.24, 2.45) is 0 Å². The van der Waals surface area contributed by atoms with E-state index in [4.69, 9.17) is 9.47 Å². The lowest BCUT2D eigenvalue weighted by molar-refractivity contribution is 0.358. The summed E-state index contributed by atoms with van der Waals surface area (Å²) in [6.45, 7) is 0. The van der Waals surface area contributed by atoms with Crippen LogP contribution in [-0.4, -0.2) is 44.5 Å². The lowest BCUT2D eigenvalue weighted by Gasteiger charge is -2.13. The summed E-state index contributed by atoms with van der Waals surface area (Å²) >= 11 is 0. The van der Waals surface area contributed by atoms with Gasteiger partial charge in [-0.15, -0.1) is 9.73 Å². The largest absolute Gasteiger partial charge is 0.493 e. The molecule has 120 valence electrons. The van der Waals surface area contributed by atoms with Crippen LogP contribution in [-0.2, 0) is 6.42 Å². The zero-order valence-electron chi connectivity index (χ0n) is 13.2. The summed E-state index contributed by atoms with van der Waals surface area (Å²) in [5, 5.41) is 18.0. The van der Waals surface area contributed by atoms with Gasteiger partial charge in [-0.3, -0.25) is 4.98 Å². The molecule has 0 atom stereocenters. The van der Waals surface area contributed by atoms with Gasteiger partial charge in [-0.05, 0) is 40.3 Å². The zero-order chi connectivity index (χ0) is 16.5. The molecule has 4 aromatic rings. The highest BCUT2D eigenvalue weighted by atomic mass is 16.5. The number of benzene rings is 1. The van der Waals surface area contributed by atoms with Gasteiger partial charge in [0.15, 0.2) is 11.5 Å². The zero-order valence-corrected chi connectivity index (χ0v) is 13.2. The van der Waals surface area contributed by atoms with Crippen LogP contribution in [0.25, 0.3) is 16.4 Å². The van der Waals surface area contributed by atoms with Crippen LogP contribution in [0, 0.1) is 0 Å². The van der Waals surface area contributed by atoms with Crippen LogP contribution in [0.5, 0.6) is 11.5 Å². The van der Waals surface area contributed by atoms with E-state index >= 15 is 0 Å². The highest BCUT2D eigenvalue weighted by molar-refractivity contribution is 6.01. The van der Waals surface area contributed by atoms with Crippen molar-refractivity contribution in [3.63, 3.8) is 0 Å². The van der Waals surface area contributed by atoms with Crippen LogP contribution in [0.4, 0.5) is 0 Å². The molecule has 3 heterocycles. The topological polar surface area (TPSA) is 87.3 Å². The molecule has 0 aliphatic carbocycles. The number of methoxy groups -OCH3 is 2. The predicted octanol–water partition coefficient (Wildman–Crippen LogP) is 1.68. The highest BCUT2D eigenvalue weighted by Gasteiger charge is 2.18. The van der Waals surface area contributed by atoms with E-state index in [2.05, 4.69) is 25.6 Å². The van der Waals surface area contributed by atoms with E-state index in [0.717, 1.165) is 22.0 Å². The van der Waals surface area contributed by atoms with Crippen LogP contribution in [0.15, 0.2) is 36.7 Å². The first-order chi connectivity index (χ1) is 11.8. The number of fused-ring (bicyclic) bond motifs is 3. The van der Waals surface area contributed by atoms with Gasteiger partial charge in [0.2, 0.25) is 5.65 Å². The Bertz CT molecular complexity index is 1020. The van der Waals surface area contributed by atoms with E-state index in [-0.39, 0.29) is 0 Å². The first kappa shape index (κ1) is 14.3. The summed E-state index contributed by atoms with van der Waals surface area (Å²) in [5.74, 6) is 1.21. The first-order valence-corrected chi connectivity index (χ1v) is 7.32. The van der Waals surface area contributed by atoms with Gasteiger partial charge in [0.25, 0.3) is 0 Å². The lowest BCUT2D eigenvalue weighted by atomic mass is 10.0. The van der Waals surface area contributed by atoms with Gasteiger partial charge in [0.05, 0.1) is 25.3 Å². The van der Waals surface area contributed by atoms with E-state index in [1.54, 1.807) is 26.6 Å². The minimum atomic E-state index is 0.527. The van der Waals surface area contributed by atoms with Crippen LogP contribution in [0.1, 0.15) is 11.3 Å². The van der Waals surface area contributed by atoms with Crippen molar-refractivity contribution in [1.29, 1.82) is 0 Å². The van der Waals surface area contributed by atoms with Crippen molar-refractivity contribution < 1.29 is 9.47 Å². The molecule has 0 spiro atoms. The molecule has 0 saturated heterocycles. The van der Waals surface area contributed by atoms with Crippen LogP contribution >= 0.6 is 0 Å².